The van der Waals surface area contributed by atoms with Crippen molar-refractivity contribution < 1.29 is 0 Å². The third kappa shape index (κ3) is 2.23. The van der Waals surface area contributed by atoms with Crippen LogP contribution in [0.4, 0.5) is 0 Å². The second-order valence-electron chi connectivity index (χ2n) is 5.46. The van der Waals surface area contributed by atoms with E-state index in [1.165, 1.54) is 0 Å². The molecule has 0 saturated heterocycles. The lowest BCUT2D eigenvalue weighted by atomic mass is 10.1. The van der Waals surface area contributed by atoms with Crippen LogP contribution in [0.25, 0.3) is 21.9 Å². The Hall–Kier alpha value is -2.14. The number of aryl methyl sites for hydroxylation is 3. The molecule has 0 aliphatic carbocycles. The number of rotatable bonds is 4. The normalized spacial score (nSPS) is 11.6. The highest BCUT2D eigenvalue weighted by Crippen LogP contribution is 2.20. The molecule has 0 bridgehead atoms. The molecule has 3 aromatic rings. The smallest absolute Gasteiger partial charge is 0.215 e. The molecule has 0 radical (unpaired) electrons. The highest BCUT2D eigenvalue weighted by molar-refractivity contribution is 5.92. The molecule has 1 N–H and O–H groups in total. The molecular weight excluding hydrogens is 264 g/mol. The van der Waals surface area contributed by atoms with E-state index in [-0.39, 0.29) is 5.43 Å². The molecule has 0 atom stereocenters. The summed E-state index contributed by atoms with van der Waals surface area (Å²) >= 11 is 0. The van der Waals surface area contributed by atoms with Gasteiger partial charge in [0.25, 0.3) is 0 Å². The summed E-state index contributed by atoms with van der Waals surface area (Å²) in [6, 6.07) is 6.06. The Morgan fingerprint density at radius 1 is 1.29 bits per heavy atom. The van der Waals surface area contributed by atoms with E-state index in [4.69, 9.17) is 0 Å². The summed E-state index contributed by atoms with van der Waals surface area (Å²) in [4.78, 5) is 12.7. The standard InChI is InChI=1S/C16H20N4O/c1-11-5-6-13-12(9-11)16(21)15-14(10-18-19(15)3)20(13)8-4-7-17-2/h5-6,9-10,17H,4,7-8H2,1-3H3. The molecule has 2 aromatic heterocycles. The van der Waals surface area contributed by atoms with Crippen LogP contribution in [0.5, 0.6) is 0 Å². The van der Waals surface area contributed by atoms with E-state index in [1.54, 1.807) is 10.9 Å². The van der Waals surface area contributed by atoms with E-state index < -0.39 is 0 Å². The van der Waals surface area contributed by atoms with Crippen molar-refractivity contribution >= 4 is 21.9 Å². The zero-order valence-electron chi connectivity index (χ0n) is 12.7. The molecule has 0 aliphatic heterocycles. The maximum Gasteiger partial charge on any atom is 0.215 e. The third-order valence-corrected chi connectivity index (χ3v) is 3.92. The van der Waals surface area contributed by atoms with Gasteiger partial charge in [-0.1, -0.05) is 11.6 Å². The first-order valence-corrected chi connectivity index (χ1v) is 7.23. The van der Waals surface area contributed by atoms with Crippen LogP contribution in [0.1, 0.15) is 12.0 Å². The van der Waals surface area contributed by atoms with E-state index in [2.05, 4.69) is 21.0 Å². The van der Waals surface area contributed by atoms with Crippen molar-refractivity contribution in [3.05, 3.63) is 40.2 Å². The second-order valence-corrected chi connectivity index (χ2v) is 5.46. The summed E-state index contributed by atoms with van der Waals surface area (Å²) in [5.74, 6) is 0. The summed E-state index contributed by atoms with van der Waals surface area (Å²) in [6.45, 7) is 3.82. The number of hydrogen-bond acceptors (Lipinski definition) is 3. The van der Waals surface area contributed by atoms with Gasteiger partial charge >= 0.3 is 0 Å². The predicted octanol–water partition coefficient (Wildman–Crippen LogP) is 1.81. The highest BCUT2D eigenvalue weighted by atomic mass is 16.1. The maximum absolute atomic E-state index is 12.7. The van der Waals surface area contributed by atoms with Crippen molar-refractivity contribution in [2.45, 2.75) is 19.9 Å². The zero-order chi connectivity index (χ0) is 15.0. The molecule has 5 nitrogen and oxygen atoms in total. The van der Waals surface area contributed by atoms with Gasteiger partial charge in [-0.3, -0.25) is 9.48 Å². The number of aromatic nitrogens is 3. The lowest BCUT2D eigenvalue weighted by molar-refractivity contribution is 0.637. The minimum absolute atomic E-state index is 0.0635. The molecule has 0 aliphatic rings. The van der Waals surface area contributed by atoms with Crippen LogP contribution in [-0.4, -0.2) is 27.9 Å². The highest BCUT2D eigenvalue weighted by Gasteiger charge is 2.14. The molecule has 0 saturated carbocycles. The molecule has 0 amide bonds. The first-order chi connectivity index (χ1) is 10.1. The molecule has 3 rings (SSSR count). The Balaban J connectivity index is 2.34. The van der Waals surface area contributed by atoms with Crippen molar-refractivity contribution in [2.75, 3.05) is 13.6 Å². The van der Waals surface area contributed by atoms with Crippen molar-refractivity contribution in [3.8, 4) is 0 Å². The Labute approximate surface area is 123 Å². The predicted molar refractivity (Wildman–Crippen MR) is 85.8 cm³/mol. The molecule has 1 aromatic carbocycles. The van der Waals surface area contributed by atoms with Gasteiger partial charge in [0.15, 0.2) is 0 Å². The molecule has 110 valence electrons. The summed E-state index contributed by atoms with van der Waals surface area (Å²) < 4.78 is 3.88. The van der Waals surface area contributed by atoms with E-state index in [0.29, 0.717) is 5.52 Å². The number of fused-ring (bicyclic) bond motifs is 2. The van der Waals surface area contributed by atoms with Gasteiger partial charge in [-0.25, -0.2) is 0 Å². The van der Waals surface area contributed by atoms with Crippen LogP contribution in [-0.2, 0) is 13.6 Å². The van der Waals surface area contributed by atoms with E-state index in [1.807, 2.05) is 33.2 Å². The first kappa shape index (κ1) is 13.8. The number of hydrogen-bond donors (Lipinski definition) is 1. The summed E-state index contributed by atoms with van der Waals surface area (Å²) in [7, 11) is 3.77. The van der Waals surface area contributed by atoms with Gasteiger partial charge in [0, 0.05) is 19.0 Å². The number of nitrogens with zero attached hydrogens (tertiary/aromatic N) is 3. The van der Waals surface area contributed by atoms with E-state index in [0.717, 1.165) is 41.5 Å². The molecule has 0 fully saturated rings. The molecular formula is C16H20N4O. The van der Waals surface area contributed by atoms with Crippen molar-refractivity contribution in [3.63, 3.8) is 0 Å². The first-order valence-electron chi connectivity index (χ1n) is 7.23. The second kappa shape index (κ2) is 5.33. The van der Waals surface area contributed by atoms with Crippen LogP contribution in [0.3, 0.4) is 0 Å². The molecule has 21 heavy (non-hydrogen) atoms. The van der Waals surface area contributed by atoms with Crippen molar-refractivity contribution in [1.29, 1.82) is 0 Å². The van der Waals surface area contributed by atoms with Gasteiger partial charge < -0.3 is 9.88 Å². The van der Waals surface area contributed by atoms with Crippen LogP contribution >= 0.6 is 0 Å². The van der Waals surface area contributed by atoms with Crippen LogP contribution in [0.15, 0.2) is 29.2 Å². The third-order valence-electron chi connectivity index (χ3n) is 3.92. The van der Waals surface area contributed by atoms with E-state index >= 15 is 0 Å². The van der Waals surface area contributed by atoms with Gasteiger partial charge in [0.1, 0.15) is 5.52 Å². The van der Waals surface area contributed by atoms with Gasteiger partial charge in [-0.05, 0) is 39.1 Å². The van der Waals surface area contributed by atoms with Gasteiger partial charge in [-0.15, -0.1) is 0 Å². The largest absolute Gasteiger partial charge is 0.338 e. The molecule has 2 heterocycles. The molecule has 0 unspecified atom stereocenters. The quantitative estimate of drug-likeness (QED) is 0.743. The lowest BCUT2D eigenvalue weighted by Crippen LogP contribution is -2.16. The van der Waals surface area contributed by atoms with Crippen molar-refractivity contribution in [1.82, 2.24) is 19.7 Å². The summed E-state index contributed by atoms with van der Waals surface area (Å²) in [6.07, 6.45) is 2.79. The van der Waals surface area contributed by atoms with Crippen LogP contribution in [0, 0.1) is 6.92 Å². The minimum Gasteiger partial charge on any atom is -0.338 e. The fourth-order valence-electron chi connectivity index (χ4n) is 2.87. The molecule has 0 spiro atoms. The maximum atomic E-state index is 12.7. The SMILES string of the molecule is CNCCCn1c2ccc(C)cc2c(=O)c2c1cnn2C. The minimum atomic E-state index is 0.0635. The van der Waals surface area contributed by atoms with Gasteiger partial charge in [0.2, 0.25) is 5.43 Å². The lowest BCUT2D eigenvalue weighted by Gasteiger charge is -2.13. The van der Waals surface area contributed by atoms with E-state index in [9.17, 15) is 4.79 Å². The van der Waals surface area contributed by atoms with Crippen LogP contribution < -0.4 is 10.7 Å². The van der Waals surface area contributed by atoms with Gasteiger partial charge in [-0.2, -0.15) is 5.10 Å². The fourth-order valence-corrected chi connectivity index (χ4v) is 2.87. The number of pyridine rings is 1. The fraction of sp³-hybridized carbons (Fsp3) is 0.375. The number of benzene rings is 1. The topological polar surface area (TPSA) is 51.9 Å². The Kier molecular flexibility index (Phi) is 3.51. The summed E-state index contributed by atoms with van der Waals surface area (Å²) in [5, 5.41) is 8.21. The zero-order valence-corrected chi connectivity index (χ0v) is 12.7. The Bertz CT molecular complexity index is 860. The Morgan fingerprint density at radius 3 is 2.86 bits per heavy atom. The average molecular weight is 284 g/mol. The Morgan fingerprint density at radius 2 is 2.10 bits per heavy atom. The number of nitrogens with one attached hydrogen (secondary N) is 1. The monoisotopic (exact) mass is 284 g/mol. The van der Waals surface area contributed by atoms with Gasteiger partial charge in [0.05, 0.1) is 17.2 Å². The van der Waals surface area contributed by atoms with Crippen molar-refractivity contribution in [2.24, 2.45) is 7.05 Å². The average Bonchev–Trinajstić information content (AvgIpc) is 2.85. The molecule has 5 heteroatoms. The summed E-state index contributed by atoms with van der Waals surface area (Å²) in [5.41, 5.74) is 3.74. The van der Waals surface area contributed by atoms with Crippen LogP contribution in [0.2, 0.25) is 0 Å².